The van der Waals surface area contributed by atoms with E-state index in [1.54, 1.807) is 23.6 Å². The number of carboxylic acids is 2. The zero-order valence-corrected chi connectivity index (χ0v) is 19.7. The molecule has 2 aromatic rings. The Morgan fingerprint density at radius 2 is 1.48 bits per heavy atom. The van der Waals surface area contributed by atoms with Crippen molar-refractivity contribution in [3.05, 3.63) is 44.3 Å². The van der Waals surface area contributed by atoms with Gasteiger partial charge in [0.25, 0.3) is 0 Å². The summed E-state index contributed by atoms with van der Waals surface area (Å²) >= 11 is 12.5. The lowest BCUT2D eigenvalue weighted by Gasteiger charge is -1.90. The molecule has 0 saturated heterocycles. The van der Waals surface area contributed by atoms with Crippen LogP contribution in [-0.4, -0.2) is 38.1 Å². The molecule has 0 bridgehead atoms. The summed E-state index contributed by atoms with van der Waals surface area (Å²) in [6.45, 7) is 0. The number of halogens is 3. The predicted molar refractivity (Wildman–Crippen MR) is 117 cm³/mol. The van der Waals surface area contributed by atoms with Crippen LogP contribution >= 0.6 is 70.5 Å². The van der Waals surface area contributed by atoms with Gasteiger partial charge in [0, 0.05) is 20.9 Å². The number of aryl methyl sites for hydroxylation is 1. The van der Waals surface area contributed by atoms with E-state index in [1.807, 2.05) is 6.07 Å². The minimum atomic E-state index is -0.847. The molecule has 0 spiro atoms. The fourth-order valence-electron chi connectivity index (χ4n) is 1.32. The van der Waals surface area contributed by atoms with Gasteiger partial charge in [-0.3, -0.25) is 0 Å². The van der Waals surface area contributed by atoms with E-state index in [2.05, 4.69) is 47.8 Å². The minimum Gasteiger partial charge on any atom is -0.477 e. The molecule has 0 radical (unpaired) electrons. The fraction of sp³-hybridized carbons (Fsp3) is 0.375. The monoisotopic (exact) mass is 576 g/mol. The van der Waals surface area contributed by atoms with Crippen LogP contribution in [0.2, 0.25) is 0 Å². The average Bonchev–Trinajstić information content (AvgIpc) is 3.26. The number of carboxylic acid groups (broad SMARTS) is 2. The molecule has 0 unspecified atom stereocenters. The van der Waals surface area contributed by atoms with Crippen molar-refractivity contribution in [2.75, 3.05) is 16.0 Å². The highest BCUT2D eigenvalue weighted by Gasteiger charge is 2.05. The van der Waals surface area contributed by atoms with Crippen LogP contribution in [0.5, 0.6) is 0 Å². The lowest BCUT2D eigenvalue weighted by Crippen LogP contribution is -1.89. The summed E-state index contributed by atoms with van der Waals surface area (Å²) < 4.78 is 0. The Labute approximate surface area is 180 Å². The van der Waals surface area contributed by atoms with Gasteiger partial charge < -0.3 is 10.2 Å². The standard InChI is InChI=1S/C8H9BrO2S.C5H4O2S.C3H6Br2/c9-5-1-2-6-3-4-7(12-6)8(10)11;6-5(7)4-2-1-3-8-4;4-2-1-3-5/h3-4H,1-2,5H2,(H,10,11);1-3H,(H,6,7);1-3H2. The molecule has 2 heterocycles. The molecule has 0 fully saturated rings. The molecule has 0 aromatic carbocycles. The van der Waals surface area contributed by atoms with Crippen LogP contribution in [0, 0.1) is 0 Å². The first kappa shape index (κ1) is 24.8. The summed E-state index contributed by atoms with van der Waals surface area (Å²) in [6, 6.07) is 6.84. The van der Waals surface area contributed by atoms with Gasteiger partial charge in [-0.25, -0.2) is 9.59 Å². The van der Waals surface area contributed by atoms with Crippen LogP contribution in [0.4, 0.5) is 0 Å². The minimum absolute atomic E-state index is 0.394. The molecular weight excluding hydrogens is 560 g/mol. The third-order valence-corrected chi connectivity index (χ3v) is 6.10. The SMILES string of the molecule is BrCCCBr.O=C(O)c1ccc(CCCBr)s1.O=C(O)c1cccs1. The summed E-state index contributed by atoms with van der Waals surface area (Å²) in [4.78, 5) is 22.5. The normalized spacial score (nSPS) is 9.40. The average molecular weight is 579 g/mol. The van der Waals surface area contributed by atoms with Gasteiger partial charge in [-0.1, -0.05) is 53.9 Å². The molecule has 0 atom stereocenters. The Morgan fingerprint density at radius 3 is 1.80 bits per heavy atom. The van der Waals surface area contributed by atoms with Crippen molar-refractivity contribution < 1.29 is 19.8 Å². The van der Waals surface area contributed by atoms with E-state index < -0.39 is 11.9 Å². The molecule has 0 aliphatic heterocycles. The first-order valence-corrected chi connectivity index (χ1v) is 12.3. The van der Waals surface area contributed by atoms with Crippen molar-refractivity contribution in [2.45, 2.75) is 19.3 Å². The van der Waals surface area contributed by atoms with Crippen LogP contribution in [0.15, 0.2) is 29.6 Å². The molecule has 2 rings (SSSR count). The van der Waals surface area contributed by atoms with E-state index in [0.29, 0.717) is 9.75 Å². The Hall–Kier alpha value is -0.220. The van der Waals surface area contributed by atoms with Gasteiger partial charge in [-0.05, 0) is 42.8 Å². The lowest BCUT2D eigenvalue weighted by atomic mass is 10.3. The maximum atomic E-state index is 10.5. The summed E-state index contributed by atoms with van der Waals surface area (Å²) in [6.07, 6.45) is 3.24. The Balaban J connectivity index is 0.000000382. The molecule has 9 heteroatoms. The number of hydrogen-bond acceptors (Lipinski definition) is 4. The first-order valence-electron chi connectivity index (χ1n) is 7.22. The zero-order valence-electron chi connectivity index (χ0n) is 13.3. The Kier molecular flexibility index (Phi) is 15.8. The molecule has 0 amide bonds. The fourth-order valence-corrected chi connectivity index (χ4v) is 4.36. The van der Waals surface area contributed by atoms with Crippen LogP contribution in [-0.2, 0) is 6.42 Å². The molecular formula is C16H19Br3O4S2. The first-order chi connectivity index (χ1) is 12.0. The number of aromatic carboxylic acids is 2. The van der Waals surface area contributed by atoms with E-state index in [0.717, 1.165) is 33.7 Å². The zero-order chi connectivity index (χ0) is 19.1. The topological polar surface area (TPSA) is 74.6 Å². The lowest BCUT2D eigenvalue weighted by molar-refractivity contribution is 0.0691. The maximum Gasteiger partial charge on any atom is 0.345 e. The van der Waals surface area contributed by atoms with E-state index in [9.17, 15) is 9.59 Å². The van der Waals surface area contributed by atoms with E-state index in [-0.39, 0.29) is 0 Å². The maximum absolute atomic E-state index is 10.5. The second kappa shape index (κ2) is 16.0. The van der Waals surface area contributed by atoms with Crippen LogP contribution < -0.4 is 0 Å². The van der Waals surface area contributed by atoms with E-state index in [4.69, 9.17) is 10.2 Å². The summed E-state index contributed by atoms with van der Waals surface area (Å²) in [5, 5.41) is 21.8. The van der Waals surface area contributed by atoms with Gasteiger partial charge >= 0.3 is 11.9 Å². The number of rotatable bonds is 7. The van der Waals surface area contributed by atoms with Crippen molar-refractivity contribution in [1.29, 1.82) is 0 Å². The number of hydrogen-bond donors (Lipinski definition) is 2. The summed E-state index contributed by atoms with van der Waals surface area (Å²) in [5.74, 6) is -1.68. The van der Waals surface area contributed by atoms with Crippen LogP contribution in [0.3, 0.4) is 0 Å². The van der Waals surface area contributed by atoms with Gasteiger partial charge in [0.1, 0.15) is 9.75 Å². The summed E-state index contributed by atoms with van der Waals surface area (Å²) in [5.41, 5.74) is 0. The molecule has 0 aliphatic carbocycles. The van der Waals surface area contributed by atoms with Crippen molar-refractivity contribution >= 4 is 82.4 Å². The van der Waals surface area contributed by atoms with Crippen molar-refractivity contribution in [2.24, 2.45) is 0 Å². The molecule has 25 heavy (non-hydrogen) atoms. The molecule has 140 valence electrons. The van der Waals surface area contributed by atoms with Gasteiger partial charge in [0.05, 0.1) is 0 Å². The number of carbonyl (C=O) groups is 2. The highest BCUT2D eigenvalue weighted by molar-refractivity contribution is 9.09. The Bertz CT molecular complexity index is 598. The largest absolute Gasteiger partial charge is 0.477 e. The third-order valence-electron chi connectivity index (χ3n) is 2.43. The molecule has 0 saturated carbocycles. The molecule has 2 N–H and O–H groups in total. The molecule has 4 nitrogen and oxygen atoms in total. The van der Waals surface area contributed by atoms with Gasteiger partial charge in [0.15, 0.2) is 0 Å². The smallest absolute Gasteiger partial charge is 0.345 e. The quantitative estimate of drug-likeness (QED) is 0.374. The van der Waals surface area contributed by atoms with Crippen LogP contribution in [0.25, 0.3) is 0 Å². The van der Waals surface area contributed by atoms with E-state index >= 15 is 0 Å². The Morgan fingerprint density at radius 1 is 0.880 bits per heavy atom. The highest BCUT2D eigenvalue weighted by atomic mass is 79.9. The number of thiophene rings is 2. The van der Waals surface area contributed by atoms with Crippen molar-refractivity contribution in [1.82, 2.24) is 0 Å². The molecule has 2 aromatic heterocycles. The van der Waals surface area contributed by atoms with Crippen LogP contribution in [0.1, 0.15) is 37.1 Å². The van der Waals surface area contributed by atoms with Gasteiger partial charge in [-0.15, -0.1) is 22.7 Å². The second-order valence-corrected chi connectivity index (χ2v) is 8.87. The second-order valence-electron chi connectivity index (χ2n) is 4.38. The van der Waals surface area contributed by atoms with Gasteiger partial charge in [-0.2, -0.15) is 0 Å². The number of alkyl halides is 3. The highest BCUT2D eigenvalue weighted by Crippen LogP contribution is 2.18. The van der Waals surface area contributed by atoms with Crippen molar-refractivity contribution in [3.63, 3.8) is 0 Å². The third kappa shape index (κ3) is 12.7. The molecule has 0 aliphatic rings. The van der Waals surface area contributed by atoms with Gasteiger partial charge in [0.2, 0.25) is 0 Å². The predicted octanol–water partition coefficient (Wildman–Crippen LogP) is 6.39. The summed E-state index contributed by atoms with van der Waals surface area (Å²) in [7, 11) is 0. The van der Waals surface area contributed by atoms with E-state index in [1.165, 1.54) is 29.1 Å². The van der Waals surface area contributed by atoms with Crippen molar-refractivity contribution in [3.8, 4) is 0 Å².